The van der Waals surface area contributed by atoms with E-state index in [1.165, 1.54) is 31.5 Å². The number of nitrogens with zero attached hydrogens (tertiary/aromatic N) is 4. The number of nitrogen functional groups attached to an aromatic ring is 1. The molecular weight excluding hydrogens is 391 g/mol. The molecule has 9 heteroatoms. The summed E-state index contributed by atoms with van der Waals surface area (Å²) in [5.41, 5.74) is 8.90. The first-order chi connectivity index (χ1) is 15.0. The van der Waals surface area contributed by atoms with Crippen LogP contribution in [-0.2, 0) is 17.9 Å². The molecule has 1 fully saturated rings. The molecule has 3 N–H and O–H groups in total. The second-order valence-electron chi connectivity index (χ2n) is 8.24. The summed E-state index contributed by atoms with van der Waals surface area (Å²) < 4.78 is 5.64. The Labute approximate surface area is 184 Å². The van der Waals surface area contributed by atoms with E-state index in [0.29, 0.717) is 24.5 Å². The number of carbonyl (C=O) groups excluding carboxylic acids is 1. The lowest BCUT2D eigenvalue weighted by Crippen LogP contribution is -2.39. The minimum Gasteiger partial charge on any atom is -0.471 e. The number of aromatic nitrogens is 2. The van der Waals surface area contributed by atoms with Crippen LogP contribution in [-0.4, -0.2) is 54.3 Å². The minimum atomic E-state index is -0.503. The molecular formula is C22H29BN6O2. The number of ether oxygens (including phenoxy) is 1. The SMILES string of the molecule is [B][C@@H](CCC)Oc1nc(N)c2c(n1)N(Cc1ccc(CN3CCCC3)cc1)CC(=O)N2. The van der Waals surface area contributed by atoms with Crippen LogP contribution in [0.1, 0.15) is 43.7 Å². The fourth-order valence-corrected chi connectivity index (χ4v) is 4.05. The molecule has 4 rings (SSSR count). The summed E-state index contributed by atoms with van der Waals surface area (Å²) in [4.78, 5) is 25.3. The largest absolute Gasteiger partial charge is 0.471 e. The van der Waals surface area contributed by atoms with Crippen molar-refractivity contribution in [2.24, 2.45) is 0 Å². The molecule has 0 bridgehead atoms. The van der Waals surface area contributed by atoms with Crippen LogP contribution in [0.15, 0.2) is 24.3 Å². The van der Waals surface area contributed by atoms with Gasteiger partial charge in [-0.25, -0.2) is 0 Å². The number of anilines is 3. The standard InChI is InChI=1S/C22H29BN6O2/c1-2-5-17(23)31-22-26-20(24)19-21(27-22)29(14-18(30)25-19)13-16-8-6-15(7-9-16)12-28-10-3-4-11-28/h6-9,17H,2-5,10-14H2,1H3,(H,25,30)(H2,24,26,27)/t17-/m1/s1. The molecule has 8 nitrogen and oxygen atoms in total. The van der Waals surface area contributed by atoms with Crippen LogP contribution in [0, 0.1) is 0 Å². The second-order valence-corrected chi connectivity index (χ2v) is 8.24. The maximum atomic E-state index is 12.3. The molecule has 2 aliphatic heterocycles. The van der Waals surface area contributed by atoms with Crippen molar-refractivity contribution in [1.82, 2.24) is 14.9 Å². The zero-order valence-corrected chi connectivity index (χ0v) is 18.0. The molecule has 0 aliphatic carbocycles. The zero-order chi connectivity index (χ0) is 21.8. The van der Waals surface area contributed by atoms with E-state index in [4.69, 9.17) is 18.3 Å². The third-order valence-corrected chi connectivity index (χ3v) is 5.63. The smallest absolute Gasteiger partial charge is 0.319 e. The van der Waals surface area contributed by atoms with Crippen LogP contribution in [0.5, 0.6) is 6.01 Å². The van der Waals surface area contributed by atoms with Gasteiger partial charge in [-0.3, -0.25) is 9.69 Å². The highest BCUT2D eigenvalue weighted by molar-refractivity contribution is 6.11. The van der Waals surface area contributed by atoms with E-state index in [1.54, 1.807) is 0 Å². The molecule has 162 valence electrons. The van der Waals surface area contributed by atoms with Gasteiger partial charge in [-0.15, -0.1) is 0 Å². The predicted octanol–water partition coefficient (Wildman–Crippen LogP) is 2.29. The molecule has 31 heavy (non-hydrogen) atoms. The van der Waals surface area contributed by atoms with E-state index in [9.17, 15) is 4.79 Å². The van der Waals surface area contributed by atoms with E-state index in [2.05, 4.69) is 44.5 Å². The number of likely N-dealkylation sites (tertiary alicyclic amines) is 1. The average molecular weight is 420 g/mol. The number of fused-ring (bicyclic) bond motifs is 1. The highest BCUT2D eigenvalue weighted by Crippen LogP contribution is 2.34. The number of rotatable bonds is 8. The van der Waals surface area contributed by atoms with Gasteiger partial charge in [0.15, 0.2) is 11.6 Å². The highest BCUT2D eigenvalue weighted by Gasteiger charge is 2.27. The second kappa shape index (κ2) is 9.55. The number of hydrogen-bond donors (Lipinski definition) is 2. The monoisotopic (exact) mass is 420 g/mol. The van der Waals surface area contributed by atoms with Gasteiger partial charge in [0.1, 0.15) is 13.5 Å². The highest BCUT2D eigenvalue weighted by atomic mass is 16.5. The summed E-state index contributed by atoms with van der Waals surface area (Å²) in [6.45, 7) is 6.07. The summed E-state index contributed by atoms with van der Waals surface area (Å²) in [5.74, 6) is 0.569. The summed E-state index contributed by atoms with van der Waals surface area (Å²) in [6, 6.07) is 8.15. The van der Waals surface area contributed by atoms with E-state index in [-0.39, 0.29) is 24.3 Å². The van der Waals surface area contributed by atoms with Crippen molar-refractivity contribution in [3.63, 3.8) is 0 Å². The summed E-state index contributed by atoms with van der Waals surface area (Å²) in [6.07, 6.45) is 4.14. The van der Waals surface area contributed by atoms with Crippen molar-refractivity contribution in [3.8, 4) is 6.01 Å². The Morgan fingerprint density at radius 2 is 1.84 bits per heavy atom. The third-order valence-electron chi connectivity index (χ3n) is 5.63. The number of hydrogen-bond acceptors (Lipinski definition) is 7. The van der Waals surface area contributed by atoms with Gasteiger partial charge in [-0.1, -0.05) is 37.6 Å². The zero-order valence-electron chi connectivity index (χ0n) is 18.0. The van der Waals surface area contributed by atoms with E-state index in [1.807, 2.05) is 11.8 Å². The molecule has 2 aromatic rings. The molecule has 1 aromatic carbocycles. The number of nitrogens with two attached hydrogens (primary N) is 1. The van der Waals surface area contributed by atoms with Crippen LogP contribution in [0.2, 0.25) is 0 Å². The van der Waals surface area contributed by atoms with Crippen LogP contribution in [0.4, 0.5) is 17.3 Å². The first-order valence-corrected chi connectivity index (χ1v) is 11.0. The number of carbonyl (C=O) groups is 1. The number of nitrogens with one attached hydrogen (secondary N) is 1. The fourth-order valence-electron chi connectivity index (χ4n) is 4.05. The van der Waals surface area contributed by atoms with Crippen molar-refractivity contribution >= 4 is 31.1 Å². The Balaban J connectivity index is 1.51. The van der Waals surface area contributed by atoms with Crippen LogP contribution < -0.4 is 20.7 Å². The van der Waals surface area contributed by atoms with Crippen LogP contribution in [0.3, 0.4) is 0 Å². The van der Waals surface area contributed by atoms with Gasteiger partial charge in [0.2, 0.25) is 5.91 Å². The van der Waals surface area contributed by atoms with Gasteiger partial charge in [-0.05, 0) is 43.5 Å². The first-order valence-electron chi connectivity index (χ1n) is 11.0. The van der Waals surface area contributed by atoms with Crippen molar-refractivity contribution in [1.29, 1.82) is 0 Å². The Hall–Kier alpha value is -2.81. The van der Waals surface area contributed by atoms with Gasteiger partial charge in [0, 0.05) is 13.1 Å². The molecule has 1 aromatic heterocycles. The Bertz CT molecular complexity index is 917. The average Bonchev–Trinajstić information content (AvgIpc) is 3.23. The maximum absolute atomic E-state index is 12.3. The van der Waals surface area contributed by atoms with Crippen molar-refractivity contribution in [2.45, 2.75) is 51.7 Å². The van der Waals surface area contributed by atoms with Gasteiger partial charge >= 0.3 is 6.01 Å². The lowest BCUT2D eigenvalue weighted by atomic mass is 9.96. The van der Waals surface area contributed by atoms with Crippen LogP contribution in [0.25, 0.3) is 0 Å². The molecule has 1 amide bonds. The molecule has 0 saturated carbocycles. The van der Waals surface area contributed by atoms with Gasteiger partial charge in [-0.2, -0.15) is 9.97 Å². The lowest BCUT2D eigenvalue weighted by molar-refractivity contribution is -0.115. The maximum Gasteiger partial charge on any atom is 0.319 e. The van der Waals surface area contributed by atoms with Crippen molar-refractivity contribution < 1.29 is 9.53 Å². The molecule has 2 radical (unpaired) electrons. The minimum absolute atomic E-state index is 0.124. The Morgan fingerprint density at radius 1 is 1.16 bits per heavy atom. The van der Waals surface area contributed by atoms with Crippen molar-refractivity contribution in [3.05, 3.63) is 35.4 Å². The number of amides is 1. The fraction of sp³-hybridized carbons (Fsp3) is 0.500. The van der Waals surface area contributed by atoms with Gasteiger partial charge < -0.3 is 20.7 Å². The Morgan fingerprint density at radius 3 is 2.52 bits per heavy atom. The summed E-state index contributed by atoms with van der Waals surface area (Å²) >= 11 is 0. The molecule has 0 spiro atoms. The lowest BCUT2D eigenvalue weighted by Gasteiger charge is -2.30. The molecule has 1 atom stereocenters. The van der Waals surface area contributed by atoms with Crippen LogP contribution >= 0.6 is 0 Å². The van der Waals surface area contributed by atoms with Crippen molar-refractivity contribution in [2.75, 3.05) is 35.6 Å². The molecule has 1 saturated heterocycles. The van der Waals surface area contributed by atoms with E-state index < -0.39 is 6.00 Å². The predicted molar refractivity (Wildman–Crippen MR) is 122 cm³/mol. The topological polar surface area (TPSA) is 96.6 Å². The Kier molecular flexibility index (Phi) is 6.60. The molecule has 3 heterocycles. The molecule has 2 aliphatic rings. The summed E-state index contributed by atoms with van der Waals surface area (Å²) in [7, 11) is 5.97. The van der Waals surface area contributed by atoms with E-state index >= 15 is 0 Å². The molecule has 0 unspecified atom stereocenters. The first kappa shape index (κ1) is 21.4. The van der Waals surface area contributed by atoms with Gasteiger partial charge in [0.05, 0.1) is 12.5 Å². The summed E-state index contributed by atoms with van der Waals surface area (Å²) in [5, 5.41) is 2.78. The normalized spacial score (nSPS) is 17.3. The third kappa shape index (κ3) is 5.28. The number of benzene rings is 1. The quantitative estimate of drug-likeness (QED) is 0.633. The van der Waals surface area contributed by atoms with E-state index in [0.717, 1.165) is 18.5 Å². The van der Waals surface area contributed by atoms with Gasteiger partial charge in [0.25, 0.3) is 0 Å².